The Morgan fingerprint density at radius 1 is 1.40 bits per heavy atom. The molecule has 9 nitrogen and oxygen atoms in total. The Morgan fingerprint density at radius 3 is 2.76 bits per heavy atom. The van der Waals surface area contributed by atoms with Gasteiger partial charge in [0.15, 0.2) is 0 Å². The minimum atomic E-state index is -3.21. The van der Waals surface area contributed by atoms with Gasteiger partial charge in [-0.25, -0.2) is 13.2 Å². The Kier molecular flexibility index (Phi) is 6.07. The van der Waals surface area contributed by atoms with Gasteiger partial charge in [0.2, 0.25) is 10.0 Å². The lowest BCUT2D eigenvalue weighted by molar-refractivity contribution is 0.0952. The molecule has 0 fully saturated rings. The molecule has 0 aromatic carbocycles. The number of hydrogen-bond donors (Lipinski definition) is 2. The molecule has 1 aliphatic heterocycles. The molecular formula is C15H27N5O4S. The molecule has 10 heteroatoms. The molecule has 25 heavy (non-hydrogen) atoms. The predicted octanol–water partition coefficient (Wildman–Crippen LogP) is 0.273. The first-order chi connectivity index (χ1) is 11.6. The van der Waals surface area contributed by atoms with E-state index in [0.717, 1.165) is 5.69 Å². The Morgan fingerprint density at radius 2 is 2.12 bits per heavy atom. The van der Waals surface area contributed by atoms with E-state index in [0.29, 0.717) is 38.5 Å². The average Bonchev–Trinajstić information content (AvgIpc) is 2.91. The van der Waals surface area contributed by atoms with Crippen LogP contribution in [0.3, 0.4) is 0 Å². The van der Waals surface area contributed by atoms with E-state index in [2.05, 4.69) is 15.7 Å². The second-order valence-electron chi connectivity index (χ2n) is 6.78. The first-order valence-corrected chi connectivity index (χ1v) is 10.1. The van der Waals surface area contributed by atoms with Crippen LogP contribution in [0.5, 0.6) is 0 Å². The summed E-state index contributed by atoms with van der Waals surface area (Å²) in [5, 5.41) is 10.0. The molecule has 0 aliphatic carbocycles. The van der Waals surface area contributed by atoms with Crippen molar-refractivity contribution in [1.82, 2.24) is 24.7 Å². The summed E-state index contributed by atoms with van der Waals surface area (Å²) in [4.78, 5) is 12.0. The molecule has 142 valence electrons. The molecule has 0 atom stereocenters. The summed E-state index contributed by atoms with van der Waals surface area (Å²) in [7, 11) is -3.21. The van der Waals surface area contributed by atoms with Crippen LogP contribution in [-0.2, 0) is 34.4 Å². The van der Waals surface area contributed by atoms with Crippen LogP contribution in [0.4, 0.5) is 4.79 Å². The summed E-state index contributed by atoms with van der Waals surface area (Å²) in [6.07, 6.45) is 1.20. The van der Waals surface area contributed by atoms with Crippen molar-refractivity contribution < 1.29 is 17.9 Å². The molecule has 1 aliphatic rings. The first kappa shape index (κ1) is 19.7. The third-order valence-corrected chi connectivity index (χ3v) is 5.08. The second-order valence-corrected chi connectivity index (χ2v) is 8.76. The Labute approximate surface area is 148 Å². The van der Waals surface area contributed by atoms with Gasteiger partial charge in [-0.2, -0.15) is 9.40 Å². The van der Waals surface area contributed by atoms with Crippen LogP contribution in [0.15, 0.2) is 6.07 Å². The lowest BCUT2D eigenvalue weighted by Crippen LogP contribution is -2.50. The van der Waals surface area contributed by atoms with Gasteiger partial charge in [0, 0.05) is 13.2 Å². The van der Waals surface area contributed by atoms with Crippen molar-refractivity contribution in [3.05, 3.63) is 17.5 Å². The quantitative estimate of drug-likeness (QED) is 0.714. The molecule has 1 aromatic heterocycles. The number of carbonyl (C=O) groups is 1. The molecule has 0 saturated carbocycles. The SMILES string of the molecule is CCOCC(C)(C)NC(=O)NCc1cc2n(n1)CCN(S(C)(=O)=O)C2. The molecule has 0 spiro atoms. The topological polar surface area (TPSA) is 106 Å². The van der Waals surface area contributed by atoms with Crippen LogP contribution in [-0.4, -0.2) is 60.1 Å². The number of carbonyl (C=O) groups excluding carboxylic acids is 1. The summed E-state index contributed by atoms with van der Waals surface area (Å²) in [5.74, 6) is 0. The van der Waals surface area contributed by atoms with Crippen molar-refractivity contribution in [1.29, 1.82) is 0 Å². The summed E-state index contributed by atoms with van der Waals surface area (Å²) in [6, 6.07) is 1.52. The van der Waals surface area contributed by atoms with Gasteiger partial charge in [-0.3, -0.25) is 4.68 Å². The monoisotopic (exact) mass is 373 g/mol. The van der Waals surface area contributed by atoms with Gasteiger partial charge in [0.05, 0.1) is 49.4 Å². The lowest BCUT2D eigenvalue weighted by atomic mass is 10.1. The minimum Gasteiger partial charge on any atom is -0.379 e. The molecule has 0 radical (unpaired) electrons. The van der Waals surface area contributed by atoms with Crippen molar-refractivity contribution in [3.63, 3.8) is 0 Å². The van der Waals surface area contributed by atoms with Gasteiger partial charge in [-0.05, 0) is 26.8 Å². The number of sulfonamides is 1. The summed E-state index contributed by atoms with van der Waals surface area (Å²) in [5.41, 5.74) is 1.05. The van der Waals surface area contributed by atoms with E-state index in [4.69, 9.17) is 4.74 Å². The minimum absolute atomic E-state index is 0.273. The zero-order valence-electron chi connectivity index (χ0n) is 15.2. The smallest absolute Gasteiger partial charge is 0.315 e. The van der Waals surface area contributed by atoms with Gasteiger partial charge in [0.1, 0.15) is 0 Å². The summed E-state index contributed by atoms with van der Waals surface area (Å²) in [6.45, 7) is 8.20. The number of aromatic nitrogens is 2. The Hall–Kier alpha value is -1.65. The van der Waals surface area contributed by atoms with Crippen LogP contribution in [0.1, 0.15) is 32.2 Å². The highest BCUT2D eigenvalue weighted by atomic mass is 32.2. The average molecular weight is 373 g/mol. The van der Waals surface area contributed by atoms with Crippen LogP contribution < -0.4 is 10.6 Å². The molecule has 0 unspecified atom stereocenters. The highest BCUT2D eigenvalue weighted by Gasteiger charge is 2.25. The maximum absolute atomic E-state index is 12.0. The third-order valence-electron chi connectivity index (χ3n) is 3.83. The van der Waals surface area contributed by atoms with Crippen molar-refractivity contribution in [2.45, 2.75) is 45.9 Å². The fourth-order valence-corrected chi connectivity index (χ4v) is 3.37. The van der Waals surface area contributed by atoms with E-state index in [1.165, 1.54) is 10.6 Å². The number of hydrogen-bond acceptors (Lipinski definition) is 5. The summed E-state index contributed by atoms with van der Waals surface area (Å²) < 4.78 is 31.8. The molecule has 2 rings (SSSR count). The van der Waals surface area contributed by atoms with Gasteiger partial charge < -0.3 is 15.4 Å². The van der Waals surface area contributed by atoms with E-state index < -0.39 is 15.6 Å². The normalized spacial score (nSPS) is 15.7. The Balaban J connectivity index is 1.89. The van der Waals surface area contributed by atoms with Gasteiger partial charge >= 0.3 is 6.03 Å². The number of rotatable bonds is 7. The molecular weight excluding hydrogens is 346 g/mol. The van der Waals surface area contributed by atoms with E-state index in [9.17, 15) is 13.2 Å². The fraction of sp³-hybridized carbons (Fsp3) is 0.733. The number of ether oxygens (including phenoxy) is 1. The van der Waals surface area contributed by atoms with Gasteiger partial charge in [0.25, 0.3) is 0 Å². The van der Waals surface area contributed by atoms with Crippen molar-refractivity contribution in [2.24, 2.45) is 0 Å². The van der Waals surface area contributed by atoms with Gasteiger partial charge in [-0.15, -0.1) is 0 Å². The number of fused-ring (bicyclic) bond motifs is 1. The maximum Gasteiger partial charge on any atom is 0.315 e. The number of urea groups is 1. The lowest BCUT2D eigenvalue weighted by Gasteiger charge is -2.25. The number of amides is 2. The Bertz CT molecular complexity index is 714. The van der Waals surface area contributed by atoms with Crippen molar-refractivity contribution in [2.75, 3.05) is 26.0 Å². The van der Waals surface area contributed by atoms with E-state index in [-0.39, 0.29) is 12.6 Å². The standard InChI is InChI=1S/C15H27N5O4S/c1-5-24-11-15(2,3)17-14(21)16-9-12-8-13-10-19(25(4,22)23)6-7-20(13)18-12/h8H,5-7,9-11H2,1-4H3,(H2,16,17,21). The highest BCUT2D eigenvalue weighted by molar-refractivity contribution is 7.88. The van der Waals surface area contributed by atoms with E-state index in [1.807, 2.05) is 26.8 Å². The molecule has 2 heterocycles. The molecule has 0 bridgehead atoms. The van der Waals surface area contributed by atoms with E-state index in [1.54, 1.807) is 4.68 Å². The molecule has 2 amide bonds. The van der Waals surface area contributed by atoms with Crippen LogP contribution in [0.2, 0.25) is 0 Å². The predicted molar refractivity (Wildman–Crippen MR) is 93.4 cm³/mol. The fourth-order valence-electron chi connectivity index (χ4n) is 2.59. The van der Waals surface area contributed by atoms with Crippen LogP contribution >= 0.6 is 0 Å². The maximum atomic E-state index is 12.0. The molecule has 1 aromatic rings. The highest BCUT2D eigenvalue weighted by Crippen LogP contribution is 2.16. The first-order valence-electron chi connectivity index (χ1n) is 8.25. The van der Waals surface area contributed by atoms with Crippen LogP contribution in [0, 0.1) is 0 Å². The van der Waals surface area contributed by atoms with Gasteiger partial charge in [-0.1, -0.05) is 0 Å². The largest absolute Gasteiger partial charge is 0.379 e. The van der Waals surface area contributed by atoms with Crippen molar-refractivity contribution >= 4 is 16.1 Å². The zero-order chi connectivity index (χ0) is 18.7. The number of nitrogens with one attached hydrogen (secondary N) is 2. The van der Waals surface area contributed by atoms with Crippen molar-refractivity contribution in [3.8, 4) is 0 Å². The van der Waals surface area contributed by atoms with Crippen LogP contribution in [0.25, 0.3) is 0 Å². The van der Waals surface area contributed by atoms with E-state index >= 15 is 0 Å². The molecule has 2 N–H and O–H groups in total. The third kappa shape index (κ3) is 5.68. The zero-order valence-corrected chi connectivity index (χ0v) is 16.0. The summed E-state index contributed by atoms with van der Waals surface area (Å²) >= 11 is 0. The molecule has 0 saturated heterocycles. The number of nitrogens with zero attached hydrogens (tertiary/aromatic N) is 3. The second kappa shape index (κ2) is 7.71.